The predicted octanol–water partition coefficient (Wildman–Crippen LogP) is 3.40. The summed E-state index contributed by atoms with van der Waals surface area (Å²) in [6.07, 6.45) is 8.27. The topological polar surface area (TPSA) is 85.3 Å². The number of aryl methyl sites for hydroxylation is 1. The van der Waals surface area contributed by atoms with E-state index in [-0.39, 0.29) is 0 Å². The first-order valence-corrected chi connectivity index (χ1v) is 11.1. The van der Waals surface area contributed by atoms with Crippen molar-refractivity contribution in [1.82, 2.24) is 19.9 Å². The first-order chi connectivity index (χ1) is 15.7. The Labute approximate surface area is 188 Å². The van der Waals surface area contributed by atoms with Crippen LogP contribution in [0.4, 0.5) is 11.5 Å². The smallest absolute Gasteiger partial charge is 0.216 e. The summed E-state index contributed by atoms with van der Waals surface area (Å²) in [5.74, 6) is 1.54. The number of nitrogens with zero attached hydrogens (tertiary/aromatic N) is 5. The van der Waals surface area contributed by atoms with Gasteiger partial charge in [-0.2, -0.15) is 0 Å². The largest absolute Gasteiger partial charge is 0.481 e. The molecule has 8 heteroatoms. The number of methoxy groups -OCH3 is 1. The van der Waals surface area contributed by atoms with Crippen molar-refractivity contribution < 1.29 is 9.47 Å². The Bertz CT molecular complexity index is 1100. The number of pyridine rings is 2. The molecule has 166 valence electrons. The van der Waals surface area contributed by atoms with Gasteiger partial charge in [0.15, 0.2) is 0 Å². The second kappa shape index (κ2) is 9.08. The zero-order chi connectivity index (χ0) is 21.9. The summed E-state index contributed by atoms with van der Waals surface area (Å²) < 4.78 is 10.8. The Morgan fingerprint density at radius 3 is 2.81 bits per heavy atom. The van der Waals surface area contributed by atoms with Gasteiger partial charge in [-0.3, -0.25) is 0 Å². The monoisotopic (exact) mass is 432 g/mol. The van der Waals surface area contributed by atoms with Gasteiger partial charge in [-0.25, -0.2) is 19.9 Å². The van der Waals surface area contributed by atoms with Gasteiger partial charge in [0.2, 0.25) is 5.88 Å². The lowest BCUT2D eigenvalue weighted by molar-refractivity contribution is 0.0904. The Balaban J connectivity index is 1.42. The van der Waals surface area contributed by atoms with Crippen molar-refractivity contribution in [2.75, 3.05) is 37.1 Å². The highest BCUT2D eigenvalue weighted by molar-refractivity contribution is 5.68. The summed E-state index contributed by atoms with van der Waals surface area (Å²) in [4.78, 5) is 20.6. The van der Waals surface area contributed by atoms with Crippen molar-refractivity contribution in [3.8, 4) is 17.1 Å². The van der Waals surface area contributed by atoms with Gasteiger partial charge < -0.3 is 19.7 Å². The summed E-state index contributed by atoms with van der Waals surface area (Å²) in [5, 5.41) is 3.56. The van der Waals surface area contributed by atoms with Crippen LogP contribution in [0.1, 0.15) is 29.7 Å². The molecule has 32 heavy (non-hydrogen) atoms. The van der Waals surface area contributed by atoms with Crippen LogP contribution in [0.5, 0.6) is 5.88 Å². The van der Waals surface area contributed by atoms with Crippen molar-refractivity contribution >= 4 is 11.5 Å². The molecule has 3 aromatic rings. The molecule has 2 aliphatic rings. The van der Waals surface area contributed by atoms with Crippen LogP contribution in [-0.2, 0) is 17.7 Å². The third kappa shape index (κ3) is 4.23. The molecule has 0 atom stereocenters. The lowest BCUT2D eigenvalue weighted by atomic mass is 9.99. The maximum absolute atomic E-state index is 5.47. The number of anilines is 2. The van der Waals surface area contributed by atoms with E-state index in [4.69, 9.17) is 9.47 Å². The van der Waals surface area contributed by atoms with Crippen LogP contribution in [0.3, 0.4) is 0 Å². The first kappa shape index (κ1) is 20.6. The van der Waals surface area contributed by atoms with Gasteiger partial charge in [-0.05, 0) is 38.0 Å². The lowest BCUT2D eigenvalue weighted by Crippen LogP contribution is -2.32. The fourth-order valence-corrected chi connectivity index (χ4v) is 4.45. The molecule has 0 saturated carbocycles. The van der Waals surface area contributed by atoms with Gasteiger partial charge in [0.1, 0.15) is 12.1 Å². The van der Waals surface area contributed by atoms with Crippen LogP contribution in [-0.4, -0.2) is 52.8 Å². The van der Waals surface area contributed by atoms with E-state index in [1.54, 1.807) is 13.4 Å². The maximum atomic E-state index is 5.47. The molecule has 0 radical (unpaired) electrons. The number of fused-ring (bicyclic) bond motifs is 1. The van der Waals surface area contributed by atoms with Gasteiger partial charge in [0.25, 0.3) is 0 Å². The van der Waals surface area contributed by atoms with Crippen molar-refractivity contribution in [3.63, 3.8) is 0 Å². The van der Waals surface area contributed by atoms with Gasteiger partial charge in [0, 0.05) is 61.7 Å². The minimum absolute atomic E-state index is 0.395. The molecular formula is C24H28N6O2. The van der Waals surface area contributed by atoms with Crippen LogP contribution in [0.2, 0.25) is 0 Å². The fourth-order valence-electron chi connectivity index (χ4n) is 4.45. The van der Waals surface area contributed by atoms with Crippen LogP contribution in [0, 0.1) is 6.92 Å². The zero-order valence-electron chi connectivity index (χ0n) is 18.5. The molecule has 1 fully saturated rings. The van der Waals surface area contributed by atoms with E-state index in [1.807, 2.05) is 25.4 Å². The van der Waals surface area contributed by atoms with E-state index in [0.717, 1.165) is 85.1 Å². The molecular weight excluding hydrogens is 404 g/mol. The SMILES string of the molecule is COc1ncc(N2CCc3ncnc(-c4ccnc(NC5CCOCC5)c4)c3C2)cc1C. The molecule has 5 rings (SSSR count). The van der Waals surface area contributed by atoms with E-state index in [0.29, 0.717) is 11.9 Å². The quantitative estimate of drug-likeness (QED) is 0.657. The highest BCUT2D eigenvalue weighted by Gasteiger charge is 2.23. The molecule has 0 amide bonds. The van der Waals surface area contributed by atoms with Gasteiger partial charge in [0.05, 0.1) is 30.4 Å². The molecule has 0 aromatic carbocycles. The van der Waals surface area contributed by atoms with Crippen LogP contribution in [0.15, 0.2) is 36.9 Å². The zero-order valence-corrected chi connectivity index (χ0v) is 18.5. The minimum atomic E-state index is 0.395. The molecule has 0 unspecified atom stereocenters. The highest BCUT2D eigenvalue weighted by Crippen LogP contribution is 2.31. The molecule has 0 bridgehead atoms. The molecule has 3 aromatic heterocycles. The van der Waals surface area contributed by atoms with Crippen molar-refractivity contribution in [2.45, 2.75) is 38.8 Å². The molecule has 1 N–H and O–H groups in total. The van der Waals surface area contributed by atoms with E-state index < -0.39 is 0 Å². The summed E-state index contributed by atoms with van der Waals surface area (Å²) in [6.45, 7) is 5.25. The minimum Gasteiger partial charge on any atom is -0.481 e. The van der Waals surface area contributed by atoms with Gasteiger partial charge in [-0.15, -0.1) is 0 Å². The molecule has 0 aliphatic carbocycles. The average Bonchev–Trinajstić information content (AvgIpc) is 2.84. The van der Waals surface area contributed by atoms with Crippen LogP contribution >= 0.6 is 0 Å². The lowest BCUT2D eigenvalue weighted by Gasteiger charge is -2.31. The number of hydrogen-bond donors (Lipinski definition) is 1. The van der Waals surface area contributed by atoms with Gasteiger partial charge >= 0.3 is 0 Å². The van der Waals surface area contributed by atoms with Crippen molar-refractivity contribution in [2.24, 2.45) is 0 Å². The van der Waals surface area contributed by atoms with Gasteiger partial charge in [-0.1, -0.05) is 0 Å². The first-order valence-electron chi connectivity index (χ1n) is 11.1. The molecule has 5 heterocycles. The third-order valence-electron chi connectivity index (χ3n) is 6.18. The Morgan fingerprint density at radius 1 is 1.12 bits per heavy atom. The number of aromatic nitrogens is 4. The summed E-state index contributed by atoms with van der Waals surface area (Å²) in [6, 6.07) is 6.64. The normalized spacial score (nSPS) is 16.5. The van der Waals surface area contributed by atoms with E-state index >= 15 is 0 Å². The van der Waals surface area contributed by atoms with Crippen LogP contribution < -0.4 is 15.0 Å². The van der Waals surface area contributed by atoms with Crippen molar-refractivity contribution in [3.05, 3.63) is 53.7 Å². The second-order valence-corrected chi connectivity index (χ2v) is 8.30. The predicted molar refractivity (Wildman–Crippen MR) is 123 cm³/mol. The van der Waals surface area contributed by atoms with E-state index in [1.165, 1.54) is 0 Å². The summed E-state index contributed by atoms with van der Waals surface area (Å²) in [7, 11) is 1.65. The maximum Gasteiger partial charge on any atom is 0.216 e. The number of rotatable bonds is 5. The number of nitrogens with one attached hydrogen (secondary N) is 1. The molecule has 0 spiro atoms. The Hall–Kier alpha value is -3.26. The Kier molecular flexibility index (Phi) is 5.85. The number of hydrogen-bond acceptors (Lipinski definition) is 8. The number of ether oxygens (including phenoxy) is 2. The summed E-state index contributed by atoms with van der Waals surface area (Å²) >= 11 is 0. The summed E-state index contributed by atoms with van der Waals surface area (Å²) in [5.41, 5.74) is 6.41. The van der Waals surface area contributed by atoms with E-state index in [2.05, 4.69) is 42.3 Å². The average molecular weight is 433 g/mol. The standard InChI is InChI=1S/C24H28N6O2/c1-16-11-19(13-26-24(16)31-2)30-8-4-21-20(14-30)23(28-15-27-21)17-3-7-25-22(12-17)29-18-5-9-32-10-6-18/h3,7,11-13,15,18H,4-6,8-10,14H2,1-2H3,(H,25,29). The molecule has 8 nitrogen and oxygen atoms in total. The molecule has 1 saturated heterocycles. The van der Waals surface area contributed by atoms with Crippen LogP contribution in [0.25, 0.3) is 11.3 Å². The Morgan fingerprint density at radius 2 is 2.00 bits per heavy atom. The third-order valence-corrected chi connectivity index (χ3v) is 6.18. The second-order valence-electron chi connectivity index (χ2n) is 8.30. The molecule has 2 aliphatic heterocycles. The van der Waals surface area contributed by atoms with Crippen molar-refractivity contribution in [1.29, 1.82) is 0 Å². The fraction of sp³-hybridized carbons (Fsp3) is 0.417. The highest BCUT2D eigenvalue weighted by atomic mass is 16.5. The van der Waals surface area contributed by atoms with E-state index in [9.17, 15) is 0 Å².